The maximum absolute atomic E-state index is 11.2. The van der Waals surface area contributed by atoms with Crippen LogP contribution in [0.3, 0.4) is 0 Å². The van der Waals surface area contributed by atoms with Gasteiger partial charge in [0, 0.05) is 6.20 Å². The summed E-state index contributed by atoms with van der Waals surface area (Å²) in [6.45, 7) is 0. The maximum atomic E-state index is 11.2. The summed E-state index contributed by atoms with van der Waals surface area (Å²) in [5.41, 5.74) is 0.714. The number of carboxylic acids is 2. The van der Waals surface area contributed by atoms with Gasteiger partial charge in [0.15, 0.2) is 5.69 Å². The van der Waals surface area contributed by atoms with Gasteiger partial charge < -0.3 is 10.2 Å². The van der Waals surface area contributed by atoms with Crippen molar-refractivity contribution in [1.82, 2.24) is 9.61 Å². The Morgan fingerprint density at radius 2 is 2.00 bits per heavy atom. The van der Waals surface area contributed by atoms with E-state index in [-0.39, 0.29) is 5.56 Å². The Morgan fingerprint density at radius 1 is 1.28 bits per heavy atom. The number of fused-ring (bicyclic) bond motifs is 1. The standard InChI is InChI=1S/C12H10N2O4/c15-11(16)9-8-5-7(6-1-2-6)3-4-14(8)13-10(9)12(17)18/h3-6H,1-2H2,(H,15,16)(H,17,18). The molecule has 2 heterocycles. The van der Waals surface area contributed by atoms with Crippen LogP contribution in [0.5, 0.6) is 0 Å². The average molecular weight is 246 g/mol. The summed E-state index contributed by atoms with van der Waals surface area (Å²) < 4.78 is 1.30. The van der Waals surface area contributed by atoms with E-state index in [1.807, 2.05) is 6.07 Å². The Kier molecular flexibility index (Phi) is 2.13. The number of pyridine rings is 1. The Bertz CT molecular complexity index is 670. The van der Waals surface area contributed by atoms with E-state index in [1.54, 1.807) is 12.3 Å². The molecular formula is C12H10N2O4. The Hall–Kier alpha value is -2.37. The molecule has 1 aliphatic rings. The summed E-state index contributed by atoms with van der Waals surface area (Å²) in [5, 5.41) is 21.9. The van der Waals surface area contributed by atoms with E-state index in [9.17, 15) is 9.59 Å². The molecule has 1 saturated carbocycles. The van der Waals surface area contributed by atoms with Crippen LogP contribution < -0.4 is 0 Å². The third kappa shape index (κ3) is 1.54. The molecule has 0 amide bonds. The molecule has 92 valence electrons. The van der Waals surface area contributed by atoms with Gasteiger partial charge in [0.05, 0.1) is 5.52 Å². The second kappa shape index (κ2) is 3.56. The predicted molar refractivity (Wildman–Crippen MR) is 61.1 cm³/mol. The van der Waals surface area contributed by atoms with Crippen molar-refractivity contribution >= 4 is 17.5 Å². The lowest BCUT2D eigenvalue weighted by Crippen LogP contribution is -2.06. The topological polar surface area (TPSA) is 91.9 Å². The highest BCUT2D eigenvalue weighted by Gasteiger charge is 2.27. The smallest absolute Gasteiger partial charge is 0.357 e. The first-order valence-corrected chi connectivity index (χ1v) is 5.57. The van der Waals surface area contributed by atoms with Crippen molar-refractivity contribution in [2.24, 2.45) is 0 Å². The summed E-state index contributed by atoms with van der Waals surface area (Å²) in [7, 11) is 0. The second-order valence-electron chi connectivity index (χ2n) is 4.40. The summed E-state index contributed by atoms with van der Waals surface area (Å²) in [6.07, 6.45) is 3.80. The lowest BCUT2D eigenvalue weighted by molar-refractivity contribution is 0.0649. The van der Waals surface area contributed by atoms with Gasteiger partial charge in [-0.3, -0.25) is 0 Å². The van der Waals surface area contributed by atoms with Gasteiger partial charge in [-0.25, -0.2) is 14.1 Å². The first-order valence-electron chi connectivity index (χ1n) is 5.57. The molecule has 6 nitrogen and oxygen atoms in total. The number of carbonyl (C=O) groups is 2. The number of aromatic carboxylic acids is 2. The van der Waals surface area contributed by atoms with Crippen LogP contribution in [0.25, 0.3) is 5.52 Å². The van der Waals surface area contributed by atoms with Gasteiger partial charge in [-0.15, -0.1) is 0 Å². The summed E-state index contributed by atoms with van der Waals surface area (Å²) >= 11 is 0. The van der Waals surface area contributed by atoms with Crippen molar-refractivity contribution < 1.29 is 19.8 Å². The van der Waals surface area contributed by atoms with Crippen LogP contribution in [0, 0.1) is 0 Å². The largest absolute Gasteiger partial charge is 0.478 e. The van der Waals surface area contributed by atoms with Crippen LogP contribution >= 0.6 is 0 Å². The molecule has 0 aliphatic heterocycles. The van der Waals surface area contributed by atoms with Crippen LogP contribution in [-0.2, 0) is 0 Å². The summed E-state index contributed by atoms with van der Waals surface area (Å²) in [6, 6.07) is 3.58. The zero-order chi connectivity index (χ0) is 12.9. The van der Waals surface area contributed by atoms with E-state index in [0.29, 0.717) is 11.4 Å². The Labute approximate surface area is 101 Å². The van der Waals surface area contributed by atoms with E-state index in [4.69, 9.17) is 10.2 Å². The molecule has 6 heteroatoms. The van der Waals surface area contributed by atoms with Crippen molar-refractivity contribution in [3.8, 4) is 0 Å². The molecular weight excluding hydrogens is 236 g/mol. The van der Waals surface area contributed by atoms with Crippen molar-refractivity contribution in [2.75, 3.05) is 0 Å². The normalized spacial score (nSPS) is 14.9. The second-order valence-corrected chi connectivity index (χ2v) is 4.40. The number of hydrogen-bond donors (Lipinski definition) is 2. The Morgan fingerprint density at radius 3 is 2.56 bits per heavy atom. The van der Waals surface area contributed by atoms with E-state index in [2.05, 4.69) is 5.10 Å². The third-order valence-electron chi connectivity index (χ3n) is 3.12. The number of carboxylic acid groups (broad SMARTS) is 2. The van der Waals surface area contributed by atoms with Gasteiger partial charge in [0.2, 0.25) is 0 Å². The van der Waals surface area contributed by atoms with Crippen molar-refractivity contribution in [3.05, 3.63) is 35.2 Å². The third-order valence-corrected chi connectivity index (χ3v) is 3.12. The highest BCUT2D eigenvalue weighted by atomic mass is 16.4. The molecule has 2 aromatic rings. The van der Waals surface area contributed by atoms with Crippen LogP contribution in [0.4, 0.5) is 0 Å². The fourth-order valence-electron chi connectivity index (χ4n) is 2.09. The molecule has 0 spiro atoms. The molecule has 0 saturated heterocycles. The fraction of sp³-hybridized carbons (Fsp3) is 0.250. The first kappa shape index (κ1) is 10.8. The molecule has 2 N–H and O–H groups in total. The number of hydrogen-bond acceptors (Lipinski definition) is 3. The van der Waals surface area contributed by atoms with Gasteiger partial charge in [-0.05, 0) is 36.5 Å². The minimum Gasteiger partial charge on any atom is -0.478 e. The fourth-order valence-corrected chi connectivity index (χ4v) is 2.09. The molecule has 0 aromatic carbocycles. The van der Waals surface area contributed by atoms with Gasteiger partial charge in [0.25, 0.3) is 0 Å². The number of aromatic nitrogens is 2. The summed E-state index contributed by atoms with van der Waals surface area (Å²) in [5.74, 6) is -2.13. The highest BCUT2D eigenvalue weighted by Crippen LogP contribution is 2.40. The maximum Gasteiger partial charge on any atom is 0.357 e. The van der Waals surface area contributed by atoms with E-state index >= 15 is 0 Å². The monoisotopic (exact) mass is 246 g/mol. The Balaban J connectivity index is 2.28. The number of rotatable bonds is 3. The quantitative estimate of drug-likeness (QED) is 0.858. The minimum absolute atomic E-state index is 0.245. The molecule has 0 radical (unpaired) electrons. The predicted octanol–water partition coefficient (Wildman–Crippen LogP) is 1.61. The van der Waals surface area contributed by atoms with Crippen molar-refractivity contribution in [2.45, 2.75) is 18.8 Å². The highest BCUT2D eigenvalue weighted by molar-refractivity contribution is 6.05. The zero-order valence-electron chi connectivity index (χ0n) is 9.33. The molecule has 1 aliphatic carbocycles. The molecule has 18 heavy (non-hydrogen) atoms. The van der Waals surface area contributed by atoms with E-state index < -0.39 is 17.6 Å². The van der Waals surface area contributed by atoms with E-state index in [0.717, 1.165) is 18.4 Å². The molecule has 0 unspecified atom stereocenters. The lowest BCUT2D eigenvalue weighted by Gasteiger charge is -1.99. The molecule has 3 rings (SSSR count). The molecule has 0 bridgehead atoms. The molecule has 1 fully saturated rings. The molecule has 2 aromatic heterocycles. The van der Waals surface area contributed by atoms with Crippen LogP contribution in [0.2, 0.25) is 0 Å². The van der Waals surface area contributed by atoms with Crippen LogP contribution in [0.1, 0.15) is 45.2 Å². The average Bonchev–Trinajstić information content (AvgIpc) is 3.07. The van der Waals surface area contributed by atoms with Crippen molar-refractivity contribution in [1.29, 1.82) is 0 Å². The lowest BCUT2D eigenvalue weighted by atomic mass is 10.1. The van der Waals surface area contributed by atoms with Crippen molar-refractivity contribution in [3.63, 3.8) is 0 Å². The van der Waals surface area contributed by atoms with Gasteiger partial charge in [-0.1, -0.05) is 0 Å². The first-order chi connectivity index (χ1) is 8.58. The van der Waals surface area contributed by atoms with Gasteiger partial charge in [0.1, 0.15) is 5.56 Å². The SMILES string of the molecule is O=C(O)c1nn2ccc(C3CC3)cc2c1C(=O)O. The van der Waals surface area contributed by atoms with Gasteiger partial charge >= 0.3 is 11.9 Å². The zero-order valence-corrected chi connectivity index (χ0v) is 9.33. The van der Waals surface area contributed by atoms with Gasteiger partial charge in [-0.2, -0.15) is 5.10 Å². The van der Waals surface area contributed by atoms with E-state index in [1.165, 1.54) is 4.52 Å². The minimum atomic E-state index is -1.33. The van der Waals surface area contributed by atoms with Crippen LogP contribution in [-0.4, -0.2) is 31.8 Å². The van der Waals surface area contributed by atoms with Crippen LogP contribution in [0.15, 0.2) is 18.3 Å². The number of nitrogens with zero attached hydrogens (tertiary/aromatic N) is 2. The summed E-state index contributed by atoms with van der Waals surface area (Å²) in [4.78, 5) is 22.2. The molecule has 0 atom stereocenters.